The van der Waals surface area contributed by atoms with E-state index in [1.54, 1.807) is 6.07 Å². The number of nitrogens with zero attached hydrogens (tertiary/aromatic N) is 1. The molecule has 0 aromatic heterocycles. The Kier molecular flexibility index (Phi) is 3.64. The van der Waals surface area contributed by atoms with E-state index < -0.39 is 0 Å². The number of aryl methyl sites for hydroxylation is 2. The van der Waals surface area contributed by atoms with Gasteiger partial charge in [-0.3, -0.25) is 0 Å². The van der Waals surface area contributed by atoms with Crippen LogP contribution in [-0.4, -0.2) is 0 Å². The highest BCUT2D eigenvalue weighted by Crippen LogP contribution is 2.18. The van der Waals surface area contributed by atoms with E-state index in [-0.39, 0.29) is 0 Å². The van der Waals surface area contributed by atoms with Gasteiger partial charge in [0.15, 0.2) is 0 Å². The molecule has 0 spiro atoms. The molecule has 0 amide bonds. The Morgan fingerprint density at radius 2 is 1.72 bits per heavy atom. The standard InChI is InChI=1S/C16H15NO/c1-12-7-13(2)9-16(8-12)18-11-15-6-4-3-5-14(15)10-17/h3-9H,11H2,1-2H3. The summed E-state index contributed by atoms with van der Waals surface area (Å²) in [6, 6.07) is 15.8. The fraction of sp³-hybridized carbons (Fsp3) is 0.188. The van der Waals surface area contributed by atoms with Crippen LogP contribution in [0.1, 0.15) is 22.3 Å². The van der Waals surface area contributed by atoms with Crippen molar-refractivity contribution < 1.29 is 4.74 Å². The Hall–Kier alpha value is -2.27. The first-order valence-corrected chi connectivity index (χ1v) is 5.88. The Bertz CT molecular complexity index is 576. The van der Waals surface area contributed by atoms with E-state index >= 15 is 0 Å². The van der Waals surface area contributed by atoms with Gasteiger partial charge < -0.3 is 4.74 Å². The van der Waals surface area contributed by atoms with Crippen molar-refractivity contribution in [2.45, 2.75) is 20.5 Å². The summed E-state index contributed by atoms with van der Waals surface area (Å²) in [6.07, 6.45) is 0. The molecule has 0 unspecified atom stereocenters. The molecule has 0 bridgehead atoms. The van der Waals surface area contributed by atoms with Crippen LogP contribution in [-0.2, 0) is 6.61 Å². The number of ether oxygens (including phenoxy) is 1. The average Bonchev–Trinajstić information content (AvgIpc) is 2.35. The molecule has 2 rings (SSSR count). The Morgan fingerprint density at radius 3 is 2.39 bits per heavy atom. The van der Waals surface area contributed by atoms with Gasteiger partial charge >= 0.3 is 0 Å². The predicted molar refractivity (Wildman–Crippen MR) is 71.4 cm³/mol. The van der Waals surface area contributed by atoms with E-state index in [2.05, 4.69) is 12.1 Å². The molecule has 0 atom stereocenters. The van der Waals surface area contributed by atoms with Crippen molar-refractivity contribution in [1.29, 1.82) is 5.26 Å². The van der Waals surface area contributed by atoms with Gasteiger partial charge in [0.2, 0.25) is 0 Å². The van der Waals surface area contributed by atoms with E-state index in [9.17, 15) is 0 Å². The van der Waals surface area contributed by atoms with Crippen molar-refractivity contribution in [3.63, 3.8) is 0 Å². The molecule has 0 saturated heterocycles. The summed E-state index contributed by atoms with van der Waals surface area (Å²) in [5, 5.41) is 9.00. The molecular formula is C16H15NO. The van der Waals surface area contributed by atoms with Crippen molar-refractivity contribution in [3.8, 4) is 11.8 Å². The van der Waals surface area contributed by atoms with Gasteiger partial charge in [0.25, 0.3) is 0 Å². The normalized spacial score (nSPS) is 9.83. The third kappa shape index (κ3) is 2.89. The van der Waals surface area contributed by atoms with Gasteiger partial charge in [-0.25, -0.2) is 0 Å². The molecule has 2 aromatic rings. The second-order valence-corrected chi connectivity index (χ2v) is 4.38. The highest BCUT2D eigenvalue weighted by molar-refractivity contribution is 5.38. The zero-order valence-corrected chi connectivity index (χ0v) is 10.6. The highest BCUT2D eigenvalue weighted by Gasteiger charge is 2.02. The van der Waals surface area contributed by atoms with Gasteiger partial charge in [-0.05, 0) is 43.2 Å². The fourth-order valence-corrected chi connectivity index (χ4v) is 1.93. The minimum atomic E-state index is 0.423. The highest BCUT2D eigenvalue weighted by atomic mass is 16.5. The molecule has 2 nitrogen and oxygen atoms in total. The number of hydrogen-bond acceptors (Lipinski definition) is 2. The minimum absolute atomic E-state index is 0.423. The molecule has 18 heavy (non-hydrogen) atoms. The second-order valence-electron chi connectivity index (χ2n) is 4.38. The topological polar surface area (TPSA) is 33.0 Å². The lowest BCUT2D eigenvalue weighted by molar-refractivity contribution is 0.305. The van der Waals surface area contributed by atoms with Crippen LogP contribution in [0.15, 0.2) is 42.5 Å². The minimum Gasteiger partial charge on any atom is -0.489 e. The average molecular weight is 237 g/mol. The van der Waals surface area contributed by atoms with E-state index in [4.69, 9.17) is 10.00 Å². The molecule has 0 aliphatic carbocycles. The molecule has 2 aromatic carbocycles. The van der Waals surface area contributed by atoms with Gasteiger partial charge in [-0.2, -0.15) is 5.26 Å². The van der Waals surface area contributed by atoms with Gasteiger partial charge in [0.05, 0.1) is 11.6 Å². The molecular weight excluding hydrogens is 222 g/mol. The first kappa shape index (κ1) is 12.2. The lowest BCUT2D eigenvalue weighted by Gasteiger charge is -2.09. The Morgan fingerprint density at radius 1 is 1.06 bits per heavy atom. The number of hydrogen-bond donors (Lipinski definition) is 0. The van der Waals surface area contributed by atoms with Gasteiger partial charge in [0, 0.05) is 5.56 Å². The SMILES string of the molecule is Cc1cc(C)cc(OCc2ccccc2C#N)c1. The van der Waals surface area contributed by atoms with Crippen LogP contribution < -0.4 is 4.74 Å². The third-order valence-electron chi connectivity index (χ3n) is 2.73. The van der Waals surface area contributed by atoms with Gasteiger partial charge in [0.1, 0.15) is 12.4 Å². The molecule has 2 heteroatoms. The summed E-state index contributed by atoms with van der Waals surface area (Å²) in [7, 11) is 0. The van der Waals surface area contributed by atoms with Crippen LogP contribution in [0, 0.1) is 25.2 Å². The first-order chi connectivity index (χ1) is 8.69. The van der Waals surface area contributed by atoms with Crippen molar-refractivity contribution in [1.82, 2.24) is 0 Å². The van der Waals surface area contributed by atoms with Crippen LogP contribution in [0.25, 0.3) is 0 Å². The largest absolute Gasteiger partial charge is 0.489 e. The molecule has 0 aliphatic rings. The monoisotopic (exact) mass is 237 g/mol. The number of rotatable bonds is 3. The maximum atomic E-state index is 9.00. The smallest absolute Gasteiger partial charge is 0.120 e. The van der Waals surface area contributed by atoms with Crippen LogP contribution in [0.4, 0.5) is 0 Å². The molecule has 0 aliphatic heterocycles. The Balaban J connectivity index is 2.14. The quantitative estimate of drug-likeness (QED) is 0.814. The van der Waals surface area contributed by atoms with Gasteiger partial charge in [-0.1, -0.05) is 24.3 Å². The maximum Gasteiger partial charge on any atom is 0.120 e. The van der Waals surface area contributed by atoms with E-state index in [1.165, 1.54) is 11.1 Å². The summed E-state index contributed by atoms with van der Waals surface area (Å²) in [6.45, 7) is 4.51. The fourth-order valence-electron chi connectivity index (χ4n) is 1.93. The molecule has 0 saturated carbocycles. The first-order valence-electron chi connectivity index (χ1n) is 5.88. The predicted octanol–water partition coefficient (Wildman–Crippen LogP) is 3.75. The molecule has 90 valence electrons. The summed E-state index contributed by atoms with van der Waals surface area (Å²) < 4.78 is 5.75. The van der Waals surface area contributed by atoms with Crippen molar-refractivity contribution >= 4 is 0 Å². The summed E-state index contributed by atoms with van der Waals surface area (Å²) in [5.41, 5.74) is 3.94. The summed E-state index contributed by atoms with van der Waals surface area (Å²) >= 11 is 0. The second kappa shape index (κ2) is 5.37. The van der Waals surface area contributed by atoms with Crippen LogP contribution in [0.5, 0.6) is 5.75 Å². The van der Waals surface area contributed by atoms with Crippen LogP contribution in [0.3, 0.4) is 0 Å². The van der Waals surface area contributed by atoms with E-state index in [0.717, 1.165) is 11.3 Å². The lowest BCUT2D eigenvalue weighted by atomic mass is 10.1. The van der Waals surface area contributed by atoms with Crippen molar-refractivity contribution in [2.75, 3.05) is 0 Å². The van der Waals surface area contributed by atoms with Crippen molar-refractivity contribution in [3.05, 3.63) is 64.7 Å². The molecule has 0 N–H and O–H groups in total. The Labute approximate surface area is 107 Å². The van der Waals surface area contributed by atoms with E-state index in [0.29, 0.717) is 12.2 Å². The lowest BCUT2D eigenvalue weighted by Crippen LogP contribution is -1.98. The summed E-state index contributed by atoms with van der Waals surface area (Å²) in [5.74, 6) is 0.847. The molecule has 0 heterocycles. The molecule has 0 fully saturated rings. The number of nitriles is 1. The third-order valence-corrected chi connectivity index (χ3v) is 2.73. The zero-order valence-electron chi connectivity index (χ0n) is 10.6. The molecule has 0 radical (unpaired) electrons. The number of benzene rings is 2. The van der Waals surface area contributed by atoms with Gasteiger partial charge in [-0.15, -0.1) is 0 Å². The maximum absolute atomic E-state index is 9.00. The summed E-state index contributed by atoms with van der Waals surface area (Å²) in [4.78, 5) is 0. The zero-order chi connectivity index (χ0) is 13.0. The van der Waals surface area contributed by atoms with Crippen LogP contribution in [0.2, 0.25) is 0 Å². The van der Waals surface area contributed by atoms with Crippen molar-refractivity contribution in [2.24, 2.45) is 0 Å². The van der Waals surface area contributed by atoms with Crippen LogP contribution >= 0.6 is 0 Å². The van der Waals surface area contributed by atoms with E-state index in [1.807, 2.05) is 44.2 Å².